The van der Waals surface area contributed by atoms with E-state index in [2.05, 4.69) is 15.4 Å². The number of carboxylic acid groups (broad SMARTS) is 1. The molecule has 2 atom stereocenters. The quantitative estimate of drug-likeness (QED) is 0.859. The summed E-state index contributed by atoms with van der Waals surface area (Å²) in [5.74, 6) is -0.946. The molecule has 2 aromatic heterocycles. The van der Waals surface area contributed by atoms with Crippen molar-refractivity contribution in [2.24, 2.45) is 0 Å². The summed E-state index contributed by atoms with van der Waals surface area (Å²) < 4.78 is 3.04. The van der Waals surface area contributed by atoms with Gasteiger partial charge in [0.05, 0.1) is 24.5 Å². The van der Waals surface area contributed by atoms with Crippen molar-refractivity contribution in [2.75, 3.05) is 0 Å². The Bertz CT molecular complexity index is 635. The van der Waals surface area contributed by atoms with E-state index < -0.39 is 5.97 Å². The summed E-state index contributed by atoms with van der Waals surface area (Å²) in [7, 11) is 0. The molecule has 0 amide bonds. The highest BCUT2D eigenvalue weighted by molar-refractivity contribution is 5.66. The molecule has 3 rings (SSSR count). The summed E-state index contributed by atoms with van der Waals surface area (Å²) in [5.41, 5.74) is 1.34. The van der Waals surface area contributed by atoms with Crippen LogP contribution >= 0.6 is 0 Å². The molecule has 0 radical (unpaired) electrons. The van der Waals surface area contributed by atoms with E-state index in [1.807, 2.05) is 0 Å². The fraction of sp³-hybridized carbons (Fsp3) is 0.538. The zero-order valence-corrected chi connectivity index (χ0v) is 11.5. The molecule has 2 aromatic rings. The maximum absolute atomic E-state index is 10.6. The second-order valence-electron chi connectivity index (χ2n) is 5.32. The van der Waals surface area contributed by atoms with Crippen molar-refractivity contribution >= 4 is 5.97 Å². The molecule has 8 heteroatoms. The van der Waals surface area contributed by atoms with Crippen molar-refractivity contribution in [1.82, 2.24) is 24.8 Å². The Morgan fingerprint density at radius 1 is 1.33 bits per heavy atom. The minimum Gasteiger partial charge on any atom is -0.480 e. The van der Waals surface area contributed by atoms with Crippen molar-refractivity contribution in [2.45, 2.75) is 44.4 Å². The lowest BCUT2D eigenvalue weighted by molar-refractivity contribution is -0.137. The molecule has 2 heterocycles. The van der Waals surface area contributed by atoms with Crippen LogP contribution in [0.1, 0.15) is 31.7 Å². The van der Waals surface area contributed by atoms with Gasteiger partial charge in [-0.1, -0.05) is 18.1 Å². The number of aromatic nitrogens is 5. The van der Waals surface area contributed by atoms with E-state index in [4.69, 9.17) is 5.11 Å². The van der Waals surface area contributed by atoms with E-state index >= 15 is 0 Å². The first-order valence-corrected chi connectivity index (χ1v) is 6.98. The van der Waals surface area contributed by atoms with Crippen molar-refractivity contribution in [3.05, 3.63) is 18.6 Å². The third-order valence-electron chi connectivity index (χ3n) is 3.77. The van der Waals surface area contributed by atoms with Gasteiger partial charge in [-0.05, 0) is 12.8 Å². The smallest absolute Gasteiger partial charge is 0.325 e. The van der Waals surface area contributed by atoms with Gasteiger partial charge in [-0.3, -0.25) is 9.48 Å². The average Bonchev–Trinajstić information content (AvgIpc) is 3.07. The molecule has 1 fully saturated rings. The molecule has 1 aliphatic carbocycles. The third-order valence-corrected chi connectivity index (χ3v) is 3.77. The molecule has 0 aromatic carbocycles. The zero-order chi connectivity index (χ0) is 14.8. The van der Waals surface area contributed by atoms with Crippen molar-refractivity contribution < 1.29 is 15.0 Å². The number of rotatable bonds is 4. The van der Waals surface area contributed by atoms with Crippen LogP contribution in [0, 0.1) is 0 Å². The number of aliphatic hydroxyl groups excluding tert-OH is 1. The van der Waals surface area contributed by atoms with Gasteiger partial charge < -0.3 is 10.2 Å². The van der Waals surface area contributed by atoms with Crippen LogP contribution in [0.4, 0.5) is 0 Å². The van der Waals surface area contributed by atoms with Gasteiger partial charge in [0, 0.05) is 11.8 Å². The monoisotopic (exact) mass is 291 g/mol. The van der Waals surface area contributed by atoms with Gasteiger partial charge in [-0.25, -0.2) is 4.68 Å². The molecule has 2 N–H and O–H groups in total. The fourth-order valence-corrected chi connectivity index (χ4v) is 2.69. The van der Waals surface area contributed by atoms with Crippen LogP contribution in [0.5, 0.6) is 0 Å². The van der Waals surface area contributed by atoms with E-state index in [1.54, 1.807) is 23.3 Å². The van der Waals surface area contributed by atoms with Crippen molar-refractivity contribution in [1.29, 1.82) is 0 Å². The Labute approximate surface area is 121 Å². The Morgan fingerprint density at radius 2 is 2.14 bits per heavy atom. The number of carbonyl (C=O) groups is 1. The number of hydrogen-bond acceptors (Lipinski definition) is 5. The summed E-state index contributed by atoms with van der Waals surface area (Å²) in [4.78, 5) is 10.6. The van der Waals surface area contributed by atoms with Gasteiger partial charge in [0.2, 0.25) is 0 Å². The second kappa shape index (κ2) is 5.65. The molecular weight excluding hydrogens is 274 g/mol. The highest BCUT2D eigenvalue weighted by Crippen LogP contribution is 2.28. The van der Waals surface area contributed by atoms with Crippen molar-refractivity contribution in [3.8, 4) is 11.3 Å². The number of carboxylic acids is 1. The van der Waals surface area contributed by atoms with Crippen LogP contribution in [0.3, 0.4) is 0 Å². The SMILES string of the molecule is O=C(O)Cn1cc(-c2cn([C@@H]3CCCC[C@H]3O)nn2)cn1. The lowest BCUT2D eigenvalue weighted by Gasteiger charge is -2.27. The summed E-state index contributed by atoms with van der Waals surface area (Å²) in [6.45, 7) is -0.185. The van der Waals surface area contributed by atoms with Crippen LogP contribution in [0.25, 0.3) is 11.3 Å². The third kappa shape index (κ3) is 2.94. The predicted octanol–water partition coefficient (Wildman–Crippen LogP) is 0.702. The normalized spacial score (nSPS) is 22.3. The largest absolute Gasteiger partial charge is 0.480 e. The molecule has 21 heavy (non-hydrogen) atoms. The van der Waals surface area contributed by atoms with Crippen LogP contribution in [-0.4, -0.2) is 47.1 Å². The van der Waals surface area contributed by atoms with E-state index in [-0.39, 0.29) is 18.7 Å². The Kier molecular flexibility index (Phi) is 3.70. The number of aliphatic carboxylic acids is 1. The van der Waals surface area contributed by atoms with E-state index in [1.165, 1.54) is 4.68 Å². The van der Waals surface area contributed by atoms with Gasteiger partial charge in [0.1, 0.15) is 12.2 Å². The predicted molar refractivity (Wildman–Crippen MR) is 72.4 cm³/mol. The Balaban J connectivity index is 1.78. The van der Waals surface area contributed by atoms with Gasteiger partial charge in [-0.2, -0.15) is 5.10 Å². The molecule has 1 saturated carbocycles. The standard InChI is InChI=1S/C13H17N5O3/c19-12-4-2-1-3-11(12)18-7-10(15-16-18)9-5-14-17(6-9)8-13(20)21/h5-7,11-12,19H,1-4,8H2,(H,20,21)/t11-,12-/m1/s1. The number of hydrogen-bond donors (Lipinski definition) is 2. The van der Waals surface area contributed by atoms with Crippen molar-refractivity contribution in [3.63, 3.8) is 0 Å². The van der Waals surface area contributed by atoms with Crippen LogP contribution < -0.4 is 0 Å². The van der Waals surface area contributed by atoms with E-state index in [0.29, 0.717) is 11.3 Å². The molecule has 0 spiro atoms. The Morgan fingerprint density at radius 3 is 2.90 bits per heavy atom. The fourth-order valence-electron chi connectivity index (χ4n) is 2.69. The summed E-state index contributed by atoms with van der Waals surface area (Å²) in [6, 6.07) is -0.0333. The first-order valence-electron chi connectivity index (χ1n) is 6.98. The number of aliphatic hydroxyl groups is 1. The number of nitrogens with zero attached hydrogens (tertiary/aromatic N) is 5. The molecule has 0 aliphatic heterocycles. The first-order chi connectivity index (χ1) is 10.1. The van der Waals surface area contributed by atoms with Gasteiger partial charge in [0.15, 0.2) is 0 Å². The summed E-state index contributed by atoms with van der Waals surface area (Å²) in [6.07, 6.45) is 8.38. The maximum atomic E-state index is 10.6. The first kappa shape index (κ1) is 13.7. The lowest BCUT2D eigenvalue weighted by atomic mass is 9.93. The minimum atomic E-state index is -0.946. The molecule has 112 valence electrons. The van der Waals surface area contributed by atoms with Gasteiger partial charge in [-0.15, -0.1) is 5.10 Å². The maximum Gasteiger partial charge on any atom is 0.325 e. The van der Waals surface area contributed by atoms with Crippen LogP contribution in [0.15, 0.2) is 18.6 Å². The second-order valence-corrected chi connectivity index (χ2v) is 5.32. The molecular formula is C13H17N5O3. The minimum absolute atomic E-state index is 0.0333. The van der Waals surface area contributed by atoms with E-state index in [9.17, 15) is 9.90 Å². The molecule has 8 nitrogen and oxygen atoms in total. The van der Waals surface area contributed by atoms with Crippen LogP contribution in [0.2, 0.25) is 0 Å². The molecule has 0 bridgehead atoms. The molecule has 0 saturated heterocycles. The van der Waals surface area contributed by atoms with Gasteiger partial charge in [0.25, 0.3) is 0 Å². The lowest BCUT2D eigenvalue weighted by Crippen LogP contribution is -2.27. The van der Waals surface area contributed by atoms with E-state index in [0.717, 1.165) is 25.7 Å². The van der Waals surface area contributed by atoms with Gasteiger partial charge >= 0.3 is 5.97 Å². The Hall–Kier alpha value is -2.22. The molecule has 0 unspecified atom stereocenters. The molecule has 1 aliphatic rings. The highest BCUT2D eigenvalue weighted by atomic mass is 16.4. The average molecular weight is 291 g/mol. The topological polar surface area (TPSA) is 106 Å². The summed E-state index contributed by atoms with van der Waals surface area (Å²) >= 11 is 0. The van der Waals surface area contributed by atoms with Crippen LogP contribution in [-0.2, 0) is 11.3 Å². The highest BCUT2D eigenvalue weighted by Gasteiger charge is 2.25. The zero-order valence-electron chi connectivity index (χ0n) is 11.5. The summed E-state index contributed by atoms with van der Waals surface area (Å²) in [5, 5.41) is 30.9.